The molecular formula is C11H7N3O. The molecule has 1 heterocycles. The molecule has 3 rings (SSSR count). The van der Waals surface area contributed by atoms with Gasteiger partial charge in [-0.15, -0.1) is 0 Å². The number of hydrogen-bond acceptors (Lipinski definition) is 2. The molecule has 0 radical (unpaired) electrons. The first kappa shape index (κ1) is 8.11. The summed E-state index contributed by atoms with van der Waals surface area (Å²) in [6.45, 7) is 0. The lowest BCUT2D eigenvalue weighted by atomic mass is 10.1. The van der Waals surface area contributed by atoms with E-state index in [1.54, 1.807) is 6.07 Å². The zero-order valence-corrected chi connectivity index (χ0v) is 7.77. The topological polar surface area (TPSA) is 67.8 Å². The third-order valence-electron chi connectivity index (χ3n) is 2.45. The summed E-state index contributed by atoms with van der Waals surface area (Å²) in [6, 6.07) is 8.82. The summed E-state index contributed by atoms with van der Waals surface area (Å²) in [4.78, 5) is 18.7. The molecule has 2 aromatic carbocycles. The molecule has 0 bridgehead atoms. The van der Waals surface area contributed by atoms with Crippen LogP contribution in [-0.2, 0) is 0 Å². The van der Waals surface area contributed by atoms with Crippen LogP contribution in [0.1, 0.15) is 0 Å². The summed E-state index contributed by atoms with van der Waals surface area (Å²) in [6.07, 6.45) is 0. The second kappa shape index (κ2) is 2.63. The van der Waals surface area contributed by atoms with Crippen molar-refractivity contribution in [3.05, 3.63) is 41.0 Å². The van der Waals surface area contributed by atoms with Gasteiger partial charge in [-0.2, -0.15) is 9.98 Å². The minimum absolute atomic E-state index is 0.458. The van der Waals surface area contributed by atoms with Gasteiger partial charge < -0.3 is 5.73 Å². The van der Waals surface area contributed by atoms with Crippen LogP contribution in [0.15, 0.2) is 40.3 Å². The first-order chi connectivity index (χ1) is 7.25. The van der Waals surface area contributed by atoms with Crippen LogP contribution >= 0.6 is 0 Å². The van der Waals surface area contributed by atoms with Gasteiger partial charge in [-0.05, 0) is 6.07 Å². The summed E-state index contributed by atoms with van der Waals surface area (Å²) in [5.74, 6) is 0. The largest absolute Gasteiger partial charge is 0.398 e. The molecule has 1 aliphatic heterocycles. The predicted octanol–water partition coefficient (Wildman–Crippen LogP) is 0.795. The van der Waals surface area contributed by atoms with E-state index >= 15 is 0 Å². The molecule has 4 heteroatoms. The van der Waals surface area contributed by atoms with Gasteiger partial charge >= 0.3 is 6.03 Å². The average Bonchev–Trinajstić information content (AvgIpc) is 2.59. The third kappa shape index (κ3) is 1.05. The third-order valence-corrected chi connectivity index (χ3v) is 2.45. The van der Waals surface area contributed by atoms with Gasteiger partial charge in [-0.3, -0.25) is 0 Å². The van der Waals surface area contributed by atoms with Crippen LogP contribution in [-0.4, -0.2) is 6.03 Å². The molecule has 0 unspecified atom stereocenters. The first-order valence-corrected chi connectivity index (χ1v) is 4.54. The van der Waals surface area contributed by atoms with E-state index in [4.69, 9.17) is 5.73 Å². The number of hydrogen-bond donors (Lipinski definition) is 1. The van der Waals surface area contributed by atoms with Gasteiger partial charge in [0.25, 0.3) is 0 Å². The Morgan fingerprint density at radius 2 is 1.80 bits per heavy atom. The molecule has 0 spiro atoms. The molecule has 4 nitrogen and oxygen atoms in total. The molecule has 15 heavy (non-hydrogen) atoms. The second-order valence-electron chi connectivity index (χ2n) is 3.39. The molecule has 0 aliphatic carbocycles. The van der Waals surface area contributed by atoms with E-state index in [9.17, 15) is 4.79 Å². The molecule has 0 fully saturated rings. The van der Waals surface area contributed by atoms with Crippen molar-refractivity contribution in [2.75, 3.05) is 5.73 Å². The van der Waals surface area contributed by atoms with Gasteiger partial charge in [-0.25, -0.2) is 4.79 Å². The Morgan fingerprint density at radius 3 is 2.60 bits per heavy atom. The van der Waals surface area contributed by atoms with Crippen molar-refractivity contribution in [1.29, 1.82) is 0 Å². The van der Waals surface area contributed by atoms with Crippen LogP contribution < -0.4 is 16.4 Å². The van der Waals surface area contributed by atoms with Gasteiger partial charge in [0, 0.05) is 16.5 Å². The van der Waals surface area contributed by atoms with Gasteiger partial charge in [0.2, 0.25) is 0 Å². The monoisotopic (exact) mass is 197 g/mol. The lowest BCUT2D eigenvalue weighted by Crippen LogP contribution is -2.23. The summed E-state index contributed by atoms with van der Waals surface area (Å²) < 4.78 is 0. The van der Waals surface area contributed by atoms with Crippen LogP contribution in [0.25, 0.3) is 10.8 Å². The summed E-state index contributed by atoms with van der Waals surface area (Å²) in [5.41, 5.74) is 6.48. The Hall–Kier alpha value is -2.23. The number of anilines is 1. The number of nitrogen functional groups attached to an aromatic ring is 1. The molecule has 2 N–H and O–H groups in total. The minimum Gasteiger partial charge on any atom is -0.398 e. The Balaban J connectivity index is 2.67. The second-order valence-corrected chi connectivity index (χ2v) is 3.39. The maximum Gasteiger partial charge on any atom is 0.368 e. The highest BCUT2D eigenvalue weighted by atomic mass is 16.2. The molecular weight excluding hydrogens is 190 g/mol. The number of nitrogens with two attached hydrogens (primary N) is 1. The van der Waals surface area contributed by atoms with Crippen LogP contribution in [0, 0.1) is 0 Å². The van der Waals surface area contributed by atoms with E-state index in [1.165, 1.54) is 0 Å². The fraction of sp³-hybridized carbons (Fsp3) is 0. The highest BCUT2D eigenvalue weighted by Crippen LogP contribution is 2.15. The number of benzene rings is 2. The van der Waals surface area contributed by atoms with Crippen LogP contribution in [0.3, 0.4) is 0 Å². The number of carbonyl (C=O) groups is 1. The Bertz CT molecular complexity index is 704. The highest BCUT2D eigenvalue weighted by Gasteiger charge is 2.09. The fourth-order valence-electron chi connectivity index (χ4n) is 1.80. The van der Waals surface area contributed by atoms with E-state index < -0.39 is 6.03 Å². The molecule has 0 aromatic heterocycles. The van der Waals surface area contributed by atoms with Crippen molar-refractivity contribution in [2.24, 2.45) is 9.98 Å². The Morgan fingerprint density at radius 1 is 1.07 bits per heavy atom. The van der Waals surface area contributed by atoms with Crippen LogP contribution in [0.2, 0.25) is 0 Å². The van der Waals surface area contributed by atoms with Crippen molar-refractivity contribution in [3.63, 3.8) is 0 Å². The van der Waals surface area contributed by atoms with Gasteiger partial charge in [0.15, 0.2) is 0 Å². The van der Waals surface area contributed by atoms with E-state index in [2.05, 4.69) is 9.98 Å². The van der Waals surface area contributed by atoms with E-state index in [0.717, 1.165) is 10.8 Å². The zero-order chi connectivity index (χ0) is 10.4. The van der Waals surface area contributed by atoms with Gasteiger partial charge in [-0.1, -0.05) is 24.3 Å². The maximum absolute atomic E-state index is 11.1. The van der Waals surface area contributed by atoms with Crippen molar-refractivity contribution < 1.29 is 4.79 Å². The number of amides is 2. The van der Waals surface area contributed by atoms with Crippen molar-refractivity contribution in [3.8, 4) is 0 Å². The highest BCUT2D eigenvalue weighted by molar-refractivity contribution is 5.94. The Labute approximate surface area is 84.8 Å². The predicted molar refractivity (Wildman–Crippen MR) is 56.1 cm³/mol. The molecule has 2 aromatic rings. The average molecular weight is 197 g/mol. The number of carbonyl (C=O) groups excluding carboxylic acids is 1. The number of urea groups is 1. The SMILES string of the molecule is Nc1cc2c(c3ccccc13)=NC(=O)N=2. The summed E-state index contributed by atoms with van der Waals surface area (Å²) in [7, 11) is 0. The van der Waals surface area contributed by atoms with Crippen molar-refractivity contribution >= 4 is 22.5 Å². The van der Waals surface area contributed by atoms with Crippen molar-refractivity contribution in [1.82, 2.24) is 0 Å². The lowest BCUT2D eigenvalue weighted by molar-refractivity contribution is 0.257. The number of nitrogens with zero attached hydrogens (tertiary/aromatic N) is 2. The van der Waals surface area contributed by atoms with Crippen LogP contribution in [0.4, 0.5) is 10.5 Å². The molecule has 0 atom stereocenters. The normalized spacial score (nSPS) is 13.5. The smallest absolute Gasteiger partial charge is 0.368 e. The quantitative estimate of drug-likeness (QED) is 0.634. The number of rotatable bonds is 0. The zero-order valence-electron chi connectivity index (χ0n) is 7.77. The van der Waals surface area contributed by atoms with Crippen LogP contribution in [0.5, 0.6) is 0 Å². The van der Waals surface area contributed by atoms with E-state index in [0.29, 0.717) is 16.4 Å². The van der Waals surface area contributed by atoms with Gasteiger partial charge in [0.1, 0.15) is 5.36 Å². The van der Waals surface area contributed by atoms with E-state index in [-0.39, 0.29) is 0 Å². The van der Waals surface area contributed by atoms with Crippen molar-refractivity contribution in [2.45, 2.75) is 0 Å². The molecule has 72 valence electrons. The minimum atomic E-state index is -0.458. The summed E-state index contributed by atoms with van der Waals surface area (Å²) in [5, 5.41) is 2.98. The lowest BCUT2D eigenvalue weighted by Gasteiger charge is -1.99. The number of fused-ring (bicyclic) bond motifs is 3. The molecule has 2 amide bonds. The summed E-state index contributed by atoms with van der Waals surface area (Å²) >= 11 is 0. The fourth-order valence-corrected chi connectivity index (χ4v) is 1.80. The Kier molecular flexibility index (Phi) is 1.42. The molecule has 0 saturated carbocycles. The maximum atomic E-state index is 11.1. The molecule has 0 saturated heterocycles. The molecule has 1 aliphatic rings. The van der Waals surface area contributed by atoms with E-state index in [1.807, 2.05) is 24.3 Å². The standard InChI is InChI=1S/C11H7N3O/c12-8-5-9-10(14-11(15)13-9)7-4-2-1-3-6(7)8/h1-5H,12H2. The van der Waals surface area contributed by atoms with Gasteiger partial charge in [0.05, 0.1) is 5.36 Å². The first-order valence-electron chi connectivity index (χ1n) is 4.54.